The molecule has 16 heavy (non-hydrogen) atoms. The molecule has 2 unspecified atom stereocenters. The topological polar surface area (TPSA) is 3.24 Å². The molecule has 1 saturated heterocycles. The minimum absolute atomic E-state index is 0.764. The summed E-state index contributed by atoms with van der Waals surface area (Å²) in [7, 11) is 0. The molecule has 0 N–H and O–H groups in total. The van der Waals surface area contributed by atoms with Crippen molar-refractivity contribution in [2.45, 2.75) is 56.7 Å². The lowest BCUT2D eigenvalue weighted by atomic mass is 9.87. The summed E-state index contributed by atoms with van der Waals surface area (Å²) in [6.45, 7) is 0. The van der Waals surface area contributed by atoms with Crippen LogP contribution in [-0.2, 0) is 0 Å². The Morgan fingerprint density at radius 3 is 1.88 bits per heavy atom. The molecule has 2 heterocycles. The van der Waals surface area contributed by atoms with Crippen LogP contribution in [0.3, 0.4) is 0 Å². The zero-order valence-electron chi connectivity index (χ0n) is 9.73. The number of fused-ring (bicyclic) bond motifs is 5. The Kier molecular flexibility index (Phi) is 1.92. The number of hydrogen-bond acceptors (Lipinski definition) is 1. The summed E-state index contributed by atoms with van der Waals surface area (Å²) in [5.74, 6) is 0. The highest BCUT2D eigenvalue weighted by atomic mass is 15.3. The van der Waals surface area contributed by atoms with Gasteiger partial charge in [0.05, 0.1) is 0 Å². The monoisotopic (exact) mass is 213 g/mol. The SMILES string of the molecule is c1ccc2c(c1)C1CCCC2N1C1CCC1. The smallest absolute Gasteiger partial charge is 0.0360 e. The van der Waals surface area contributed by atoms with Gasteiger partial charge in [0.1, 0.15) is 0 Å². The van der Waals surface area contributed by atoms with Crippen LogP contribution in [0.4, 0.5) is 0 Å². The van der Waals surface area contributed by atoms with Crippen LogP contribution >= 0.6 is 0 Å². The number of benzene rings is 1. The molecule has 2 aliphatic heterocycles. The fraction of sp³-hybridized carbons (Fsp3) is 0.600. The standard InChI is InChI=1S/C15H19N/c1-2-8-13-12(7-1)14-9-4-10-15(13)16(14)11-5-3-6-11/h1-2,7-8,11,14-15H,3-6,9-10H2. The highest BCUT2D eigenvalue weighted by Gasteiger charge is 2.45. The second-order valence-electron chi connectivity index (χ2n) is 5.62. The molecule has 3 aliphatic rings. The van der Waals surface area contributed by atoms with Crippen LogP contribution in [0.5, 0.6) is 0 Å². The molecule has 1 aromatic carbocycles. The second kappa shape index (κ2) is 3.33. The zero-order chi connectivity index (χ0) is 10.5. The molecule has 1 nitrogen and oxygen atoms in total. The van der Waals surface area contributed by atoms with E-state index in [-0.39, 0.29) is 0 Å². The Hall–Kier alpha value is -0.820. The van der Waals surface area contributed by atoms with E-state index in [9.17, 15) is 0 Å². The van der Waals surface area contributed by atoms with Gasteiger partial charge >= 0.3 is 0 Å². The zero-order valence-corrected chi connectivity index (χ0v) is 9.73. The lowest BCUT2D eigenvalue weighted by Gasteiger charge is -2.45. The van der Waals surface area contributed by atoms with Gasteiger partial charge in [-0.15, -0.1) is 0 Å². The van der Waals surface area contributed by atoms with E-state index >= 15 is 0 Å². The first-order valence-corrected chi connectivity index (χ1v) is 6.81. The fourth-order valence-electron chi connectivity index (χ4n) is 3.96. The van der Waals surface area contributed by atoms with Gasteiger partial charge in [0, 0.05) is 18.1 Å². The normalized spacial score (nSPS) is 33.5. The highest BCUT2D eigenvalue weighted by molar-refractivity contribution is 5.39. The lowest BCUT2D eigenvalue weighted by Crippen LogP contribution is -2.42. The third-order valence-corrected chi connectivity index (χ3v) is 4.89. The van der Waals surface area contributed by atoms with Gasteiger partial charge in [-0.3, -0.25) is 4.90 Å². The number of piperidine rings is 1. The van der Waals surface area contributed by atoms with Gasteiger partial charge < -0.3 is 0 Å². The molecule has 1 heteroatoms. The first-order valence-electron chi connectivity index (χ1n) is 6.81. The van der Waals surface area contributed by atoms with E-state index in [0.717, 1.165) is 18.1 Å². The van der Waals surface area contributed by atoms with Crippen LogP contribution in [0.15, 0.2) is 24.3 Å². The van der Waals surface area contributed by atoms with Crippen molar-refractivity contribution in [3.63, 3.8) is 0 Å². The Labute approximate surface area is 97.5 Å². The van der Waals surface area contributed by atoms with E-state index in [2.05, 4.69) is 29.2 Å². The summed E-state index contributed by atoms with van der Waals surface area (Å²) >= 11 is 0. The molecule has 84 valence electrons. The predicted octanol–water partition coefficient (Wildman–Crippen LogP) is 3.82. The fourth-order valence-corrected chi connectivity index (χ4v) is 3.96. The molecule has 0 amide bonds. The number of hydrogen-bond donors (Lipinski definition) is 0. The van der Waals surface area contributed by atoms with Crippen LogP contribution in [0.25, 0.3) is 0 Å². The summed E-state index contributed by atoms with van der Waals surface area (Å²) in [6.07, 6.45) is 8.56. The quantitative estimate of drug-likeness (QED) is 0.685. The van der Waals surface area contributed by atoms with Crippen LogP contribution in [0.1, 0.15) is 61.7 Å². The van der Waals surface area contributed by atoms with E-state index in [1.54, 1.807) is 11.1 Å². The minimum atomic E-state index is 0.764. The molecule has 0 aromatic heterocycles. The van der Waals surface area contributed by atoms with Crippen molar-refractivity contribution < 1.29 is 0 Å². The first kappa shape index (κ1) is 9.23. The second-order valence-corrected chi connectivity index (χ2v) is 5.62. The van der Waals surface area contributed by atoms with Crippen molar-refractivity contribution in [1.82, 2.24) is 4.90 Å². The minimum Gasteiger partial charge on any atom is -0.286 e. The predicted molar refractivity (Wildman–Crippen MR) is 65.3 cm³/mol. The molecule has 2 bridgehead atoms. The van der Waals surface area contributed by atoms with Gasteiger partial charge in [-0.25, -0.2) is 0 Å². The summed E-state index contributed by atoms with van der Waals surface area (Å²) in [5, 5.41) is 0. The molecule has 1 aliphatic carbocycles. The Bertz CT molecular complexity index is 377. The summed E-state index contributed by atoms with van der Waals surface area (Å²) in [4.78, 5) is 2.86. The molecule has 1 aromatic rings. The van der Waals surface area contributed by atoms with Crippen molar-refractivity contribution in [1.29, 1.82) is 0 Å². The Morgan fingerprint density at radius 2 is 1.38 bits per heavy atom. The maximum atomic E-state index is 2.86. The highest BCUT2D eigenvalue weighted by Crippen LogP contribution is 2.53. The van der Waals surface area contributed by atoms with Crippen LogP contribution in [0, 0.1) is 0 Å². The van der Waals surface area contributed by atoms with Crippen LogP contribution in [0.2, 0.25) is 0 Å². The number of nitrogens with zero attached hydrogens (tertiary/aromatic N) is 1. The average Bonchev–Trinajstić information content (AvgIpc) is 2.44. The largest absolute Gasteiger partial charge is 0.286 e. The molecule has 4 rings (SSSR count). The van der Waals surface area contributed by atoms with Gasteiger partial charge in [-0.2, -0.15) is 0 Å². The summed E-state index contributed by atoms with van der Waals surface area (Å²) in [5.41, 5.74) is 3.30. The van der Waals surface area contributed by atoms with Crippen molar-refractivity contribution >= 4 is 0 Å². The molecule has 2 atom stereocenters. The molecule has 2 fully saturated rings. The van der Waals surface area contributed by atoms with Crippen LogP contribution < -0.4 is 0 Å². The molecular formula is C15H19N. The maximum absolute atomic E-state index is 2.86. The molecular weight excluding hydrogens is 194 g/mol. The van der Waals surface area contributed by atoms with Crippen molar-refractivity contribution in [3.8, 4) is 0 Å². The van der Waals surface area contributed by atoms with E-state index in [1.165, 1.54) is 38.5 Å². The lowest BCUT2D eigenvalue weighted by molar-refractivity contribution is 0.0210. The van der Waals surface area contributed by atoms with E-state index in [1.807, 2.05) is 0 Å². The van der Waals surface area contributed by atoms with Gasteiger partial charge in [0.2, 0.25) is 0 Å². The average molecular weight is 213 g/mol. The van der Waals surface area contributed by atoms with Gasteiger partial charge in [-0.1, -0.05) is 30.7 Å². The van der Waals surface area contributed by atoms with E-state index < -0.39 is 0 Å². The third kappa shape index (κ3) is 1.10. The first-order chi connectivity index (χ1) is 7.95. The van der Waals surface area contributed by atoms with E-state index in [4.69, 9.17) is 0 Å². The summed E-state index contributed by atoms with van der Waals surface area (Å²) < 4.78 is 0. The Morgan fingerprint density at radius 1 is 0.812 bits per heavy atom. The van der Waals surface area contributed by atoms with Crippen molar-refractivity contribution in [2.24, 2.45) is 0 Å². The van der Waals surface area contributed by atoms with Gasteiger partial charge in [-0.05, 0) is 43.2 Å². The number of rotatable bonds is 1. The molecule has 0 radical (unpaired) electrons. The van der Waals surface area contributed by atoms with Crippen molar-refractivity contribution in [3.05, 3.63) is 35.4 Å². The summed E-state index contributed by atoms with van der Waals surface area (Å²) in [6, 6.07) is 11.6. The van der Waals surface area contributed by atoms with Gasteiger partial charge in [0.25, 0.3) is 0 Å². The third-order valence-electron chi connectivity index (χ3n) is 4.89. The van der Waals surface area contributed by atoms with Gasteiger partial charge in [0.15, 0.2) is 0 Å². The maximum Gasteiger partial charge on any atom is 0.0360 e. The van der Waals surface area contributed by atoms with Crippen LogP contribution in [-0.4, -0.2) is 10.9 Å². The van der Waals surface area contributed by atoms with E-state index in [0.29, 0.717) is 0 Å². The van der Waals surface area contributed by atoms with Crippen molar-refractivity contribution in [2.75, 3.05) is 0 Å². The Balaban J connectivity index is 1.78. The molecule has 1 saturated carbocycles. The molecule has 0 spiro atoms.